The van der Waals surface area contributed by atoms with E-state index in [2.05, 4.69) is 34.0 Å². The number of hydrogen-bond acceptors (Lipinski definition) is 6. The second-order valence-corrected chi connectivity index (χ2v) is 6.86. The van der Waals surface area contributed by atoms with Crippen LogP contribution in [0, 0.1) is 11.3 Å². The third-order valence-corrected chi connectivity index (χ3v) is 5.16. The standard InChI is InChI=1S/C20H15N5S/c1-2-16-15-9-14(6-7-17(15)24-11-23-16)19-18(25-20(22)26-19)13-5-3-4-12(8-13)10-21/h3-9,11H,2H2,1H3,(H2,22,25). The number of nitriles is 1. The van der Waals surface area contributed by atoms with Crippen molar-refractivity contribution in [2.75, 3.05) is 5.73 Å². The molecule has 0 spiro atoms. The first-order chi connectivity index (χ1) is 12.7. The average Bonchev–Trinajstić information content (AvgIpc) is 3.09. The predicted molar refractivity (Wildman–Crippen MR) is 105 cm³/mol. The maximum Gasteiger partial charge on any atom is 0.181 e. The molecule has 126 valence electrons. The molecule has 0 radical (unpaired) electrons. The molecule has 5 nitrogen and oxygen atoms in total. The summed E-state index contributed by atoms with van der Waals surface area (Å²) in [6.07, 6.45) is 2.44. The molecule has 0 amide bonds. The van der Waals surface area contributed by atoms with E-state index in [-0.39, 0.29) is 0 Å². The molecule has 0 aliphatic heterocycles. The summed E-state index contributed by atoms with van der Waals surface area (Å²) in [6.45, 7) is 2.08. The van der Waals surface area contributed by atoms with Gasteiger partial charge in [0.25, 0.3) is 0 Å². The second kappa shape index (κ2) is 6.54. The quantitative estimate of drug-likeness (QED) is 0.586. The van der Waals surface area contributed by atoms with Crippen molar-refractivity contribution in [3.05, 3.63) is 60.0 Å². The SMILES string of the molecule is CCc1ncnc2ccc(-c3sc(N)nc3-c3cccc(C#N)c3)cc12. The van der Waals surface area contributed by atoms with Crippen molar-refractivity contribution in [1.82, 2.24) is 15.0 Å². The fourth-order valence-corrected chi connectivity index (χ4v) is 3.85. The number of nitrogen functional groups attached to an aromatic ring is 1. The van der Waals surface area contributed by atoms with Gasteiger partial charge in [-0.15, -0.1) is 0 Å². The van der Waals surface area contributed by atoms with Gasteiger partial charge < -0.3 is 5.73 Å². The molecule has 2 aromatic heterocycles. The first kappa shape index (κ1) is 16.2. The third-order valence-electron chi connectivity index (χ3n) is 4.22. The molecular formula is C20H15N5S. The van der Waals surface area contributed by atoms with E-state index in [9.17, 15) is 5.26 Å². The van der Waals surface area contributed by atoms with E-state index in [0.29, 0.717) is 10.7 Å². The highest BCUT2D eigenvalue weighted by Crippen LogP contribution is 2.39. The average molecular weight is 357 g/mol. The van der Waals surface area contributed by atoms with Gasteiger partial charge in [0.15, 0.2) is 5.13 Å². The van der Waals surface area contributed by atoms with Gasteiger partial charge in [0, 0.05) is 10.9 Å². The van der Waals surface area contributed by atoms with Crippen molar-refractivity contribution in [1.29, 1.82) is 5.26 Å². The van der Waals surface area contributed by atoms with E-state index >= 15 is 0 Å². The van der Waals surface area contributed by atoms with E-state index in [1.54, 1.807) is 12.4 Å². The minimum Gasteiger partial charge on any atom is -0.375 e. The second-order valence-electron chi connectivity index (χ2n) is 5.83. The monoisotopic (exact) mass is 357 g/mol. The van der Waals surface area contributed by atoms with Crippen molar-refractivity contribution in [3.8, 4) is 27.8 Å². The third kappa shape index (κ3) is 2.79. The first-order valence-electron chi connectivity index (χ1n) is 8.20. The van der Waals surface area contributed by atoms with Gasteiger partial charge in [-0.05, 0) is 36.2 Å². The van der Waals surface area contributed by atoms with Gasteiger partial charge >= 0.3 is 0 Å². The van der Waals surface area contributed by atoms with Gasteiger partial charge in [0.2, 0.25) is 0 Å². The van der Waals surface area contributed by atoms with Gasteiger partial charge in [-0.25, -0.2) is 15.0 Å². The number of anilines is 1. The highest BCUT2D eigenvalue weighted by atomic mass is 32.1. The van der Waals surface area contributed by atoms with Gasteiger partial charge in [-0.1, -0.05) is 36.5 Å². The molecule has 4 aromatic rings. The minimum atomic E-state index is 0.498. The van der Waals surface area contributed by atoms with Crippen molar-refractivity contribution in [2.24, 2.45) is 0 Å². The minimum absolute atomic E-state index is 0.498. The normalized spacial score (nSPS) is 10.8. The van der Waals surface area contributed by atoms with Crippen molar-refractivity contribution in [2.45, 2.75) is 13.3 Å². The van der Waals surface area contributed by atoms with Crippen LogP contribution in [0.1, 0.15) is 18.2 Å². The van der Waals surface area contributed by atoms with Crippen LogP contribution in [0.25, 0.3) is 32.6 Å². The van der Waals surface area contributed by atoms with Crippen molar-refractivity contribution in [3.63, 3.8) is 0 Å². The molecule has 2 aromatic carbocycles. The van der Waals surface area contributed by atoms with Crippen LogP contribution in [0.3, 0.4) is 0 Å². The summed E-state index contributed by atoms with van der Waals surface area (Å²) in [7, 11) is 0. The van der Waals surface area contributed by atoms with E-state index in [1.807, 2.05) is 30.3 Å². The molecule has 0 aliphatic carbocycles. The lowest BCUT2D eigenvalue weighted by Crippen LogP contribution is -1.92. The van der Waals surface area contributed by atoms with Crippen LogP contribution < -0.4 is 5.73 Å². The lowest BCUT2D eigenvalue weighted by atomic mass is 10.0. The zero-order valence-corrected chi connectivity index (χ0v) is 14.9. The van der Waals surface area contributed by atoms with E-state index in [0.717, 1.165) is 44.7 Å². The number of hydrogen-bond donors (Lipinski definition) is 1. The van der Waals surface area contributed by atoms with Crippen LogP contribution in [0.4, 0.5) is 5.13 Å². The molecule has 6 heteroatoms. The Labute approximate surface area is 154 Å². The summed E-state index contributed by atoms with van der Waals surface area (Å²) in [5, 5.41) is 10.7. The van der Waals surface area contributed by atoms with E-state index in [4.69, 9.17) is 5.73 Å². The van der Waals surface area contributed by atoms with Crippen LogP contribution in [-0.2, 0) is 6.42 Å². The Morgan fingerprint density at radius 2 is 2.00 bits per heavy atom. The molecule has 0 unspecified atom stereocenters. The maximum absolute atomic E-state index is 9.17. The van der Waals surface area contributed by atoms with Crippen LogP contribution >= 0.6 is 11.3 Å². The topological polar surface area (TPSA) is 88.5 Å². The smallest absolute Gasteiger partial charge is 0.181 e. The zero-order valence-electron chi connectivity index (χ0n) is 14.1. The fourth-order valence-electron chi connectivity index (χ4n) is 3.00. The van der Waals surface area contributed by atoms with Gasteiger partial charge in [-0.2, -0.15) is 5.26 Å². The van der Waals surface area contributed by atoms with Crippen LogP contribution in [0.15, 0.2) is 48.8 Å². The van der Waals surface area contributed by atoms with Gasteiger partial charge in [-0.3, -0.25) is 0 Å². The predicted octanol–water partition coefficient (Wildman–Crippen LogP) is 4.44. The van der Waals surface area contributed by atoms with E-state index in [1.165, 1.54) is 11.3 Å². The molecule has 2 N–H and O–H groups in total. The molecular weight excluding hydrogens is 342 g/mol. The zero-order chi connectivity index (χ0) is 18.1. The molecule has 4 rings (SSSR count). The Bertz CT molecular complexity index is 1160. The number of fused-ring (bicyclic) bond motifs is 1. The number of nitrogens with two attached hydrogens (primary N) is 1. The number of thiazole rings is 1. The molecule has 2 heterocycles. The fraction of sp³-hybridized carbons (Fsp3) is 0.100. The maximum atomic E-state index is 9.17. The molecule has 0 saturated heterocycles. The van der Waals surface area contributed by atoms with E-state index < -0.39 is 0 Å². The number of aromatic nitrogens is 3. The summed E-state index contributed by atoms with van der Waals surface area (Å²) in [4.78, 5) is 14.2. The Morgan fingerprint density at radius 1 is 1.12 bits per heavy atom. The lowest BCUT2D eigenvalue weighted by Gasteiger charge is -2.07. The largest absolute Gasteiger partial charge is 0.375 e. The summed E-state index contributed by atoms with van der Waals surface area (Å²) >= 11 is 1.44. The number of rotatable bonds is 3. The molecule has 0 fully saturated rings. The molecule has 0 atom stereocenters. The molecule has 0 aliphatic rings. The Hall–Kier alpha value is -3.30. The number of benzene rings is 2. The lowest BCUT2D eigenvalue weighted by molar-refractivity contribution is 1.03. The van der Waals surface area contributed by atoms with Crippen molar-refractivity contribution >= 4 is 27.4 Å². The summed E-state index contributed by atoms with van der Waals surface area (Å²) < 4.78 is 0. The first-order valence-corrected chi connectivity index (χ1v) is 9.02. The number of nitrogens with zero attached hydrogens (tertiary/aromatic N) is 4. The van der Waals surface area contributed by atoms with Gasteiger partial charge in [0.1, 0.15) is 6.33 Å². The van der Waals surface area contributed by atoms with Crippen LogP contribution in [0.2, 0.25) is 0 Å². The van der Waals surface area contributed by atoms with Crippen molar-refractivity contribution < 1.29 is 0 Å². The van der Waals surface area contributed by atoms with Gasteiger partial charge in [0.05, 0.1) is 33.4 Å². The Morgan fingerprint density at radius 3 is 2.81 bits per heavy atom. The van der Waals surface area contributed by atoms with Crippen LogP contribution in [0.5, 0.6) is 0 Å². The molecule has 26 heavy (non-hydrogen) atoms. The summed E-state index contributed by atoms with van der Waals surface area (Å²) in [6, 6.07) is 15.7. The highest BCUT2D eigenvalue weighted by Gasteiger charge is 2.15. The Kier molecular flexibility index (Phi) is 4.07. The van der Waals surface area contributed by atoms with Crippen LogP contribution in [-0.4, -0.2) is 15.0 Å². The molecule has 0 bridgehead atoms. The molecule has 0 saturated carbocycles. The summed E-state index contributed by atoms with van der Waals surface area (Å²) in [5.74, 6) is 0. The Balaban J connectivity index is 1.92. The number of aryl methyl sites for hydroxylation is 1. The summed E-state index contributed by atoms with van der Waals surface area (Å²) in [5.41, 5.74) is 11.2. The highest BCUT2D eigenvalue weighted by molar-refractivity contribution is 7.19.